The summed E-state index contributed by atoms with van der Waals surface area (Å²) in [6.07, 6.45) is 2.76. The van der Waals surface area contributed by atoms with Gasteiger partial charge >= 0.3 is 0 Å². The number of pyridine rings is 1. The van der Waals surface area contributed by atoms with E-state index < -0.39 is 0 Å². The van der Waals surface area contributed by atoms with E-state index in [1.165, 1.54) is 5.56 Å². The van der Waals surface area contributed by atoms with Crippen LogP contribution in [0.3, 0.4) is 0 Å². The minimum absolute atomic E-state index is 0.410. The summed E-state index contributed by atoms with van der Waals surface area (Å²) in [7, 11) is 1.65. The van der Waals surface area contributed by atoms with Crippen LogP contribution in [0.5, 0.6) is 5.88 Å². The molecule has 2 aromatic rings. The molecule has 1 N–H and O–H groups in total. The molecule has 1 unspecified atom stereocenters. The summed E-state index contributed by atoms with van der Waals surface area (Å²) in [4.78, 5) is 4.20. The number of rotatable bonds is 6. The average Bonchev–Trinajstić information content (AvgIpc) is 2.46. The van der Waals surface area contributed by atoms with Crippen LogP contribution in [0.2, 0.25) is 0 Å². The molecule has 19 heavy (non-hydrogen) atoms. The van der Waals surface area contributed by atoms with Gasteiger partial charge in [0.15, 0.2) is 0 Å². The first-order chi connectivity index (χ1) is 9.29. The fraction of sp³-hybridized carbons (Fsp3) is 0.312. The molecule has 0 saturated carbocycles. The standard InChI is InChI=1S/C16H20N2O/c1-13(11-14-7-4-3-5-8-14)18-12-15-9-6-10-17-16(15)19-2/h3-10,13,18H,11-12H2,1-2H3. The lowest BCUT2D eigenvalue weighted by molar-refractivity contribution is 0.388. The molecule has 0 saturated heterocycles. The van der Waals surface area contributed by atoms with Crippen LogP contribution in [0, 0.1) is 0 Å². The Balaban J connectivity index is 1.88. The highest BCUT2D eigenvalue weighted by atomic mass is 16.5. The number of hydrogen-bond acceptors (Lipinski definition) is 3. The van der Waals surface area contributed by atoms with Gasteiger partial charge in [0, 0.05) is 24.3 Å². The fourth-order valence-electron chi connectivity index (χ4n) is 2.07. The maximum absolute atomic E-state index is 5.24. The first-order valence-corrected chi connectivity index (χ1v) is 6.55. The summed E-state index contributed by atoms with van der Waals surface area (Å²) in [5, 5.41) is 3.50. The Labute approximate surface area is 114 Å². The van der Waals surface area contributed by atoms with E-state index in [9.17, 15) is 0 Å². The second kappa shape index (κ2) is 6.90. The Morgan fingerprint density at radius 2 is 1.95 bits per heavy atom. The SMILES string of the molecule is COc1ncccc1CNC(C)Cc1ccccc1. The van der Waals surface area contributed by atoms with Crippen molar-refractivity contribution < 1.29 is 4.74 Å². The maximum Gasteiger partial charge on any atom is 0.217 e. The number of ether oxygens (including phenoxy) is 1. The van der Waals surface area contributed by atoms with Crippen molar-refractivity contribution in [2.24, 2.45) is 0 Å². The third-order valence-corrected chi connectivity index (χ3v) is 3.07. The average molecular weight is 256 g/mol. The van der Waals surface area contributed by atoms with Crippen molar-refractivity contribution in [3.05, 3.63) is 59.8 Å². The first-order valence-electron chi connectivity index (χ1n) is 6.55. The largest absolute Gasteiger partial charge is 0.481 e. The van der Waals surface area contributed by atoms with Crippen LogP contribution < -0.4 is 10.1 Å². The molecule has 1 heterocycles. The zero-order chi connectivity index (χ0) is 13.5. The Morgan fingerprint density at radius 3 is 2.68 bits per heavy atom. The van der Waals surface area contributed by atoms with E-state index >= 15 is 0 Å². The number of benzene rings is 1. The van der Waals surface area contributed by atoms with Crippen LogP contribution in [0.15, 0.2) is 48.7 Å². The second-order valence-corrected chi connectivity index (χ2v) is 4.64. The molecule has 0 radical (unpaired) electrons. The molecule has 3 nitrogen and oxygen atoms in total. The Bertz CT molecular complexity index is 499. The predicted molar refractivity (Wildman–Crippen MR) is 77.2 cm³/mol. The molecular weight excluding hydrogens is 236 g/mol. The summed E-state index contributed by atoms with van der Waals surface area (Å²) < 4.78 is 5.24. The first kappa shape index (κ1) is 13.6. The highest BCUT2D eigenvalue weighted by Crippen LogP contribution is 2.13. The predicted octanol–water partition coefficient (Wildman–Crippen LogP) is 2.81. The van der Waals surface area contributed by atoms with Crippen molar-refractivity contribution in [2.45, 2.75) is 25.9 Å². The molecule has 0 aliphatic carbocycles. The molecule has 0 aliphatic heterocycles. The lowest BCUT2D eigenvalue weighted by atomic mass is 10.1. The molecule has 100 valence electrons. The summed E-state index contributed by atoms with van der Waals surface area (Å²) >= 11 is 0. The van der Waals surface area contributed by atoms with Gasteiger partial charge in [0.25, 0.3) is 0 Å². The van der Waals surface area contributed by atoms with Gasteiger partial charge in [-0.25, -0.2) is 4.98 Å². The molecular formula is C16H20N2O. The van der Waals surface area contributed by atoms with Gasteiger partial charge in [-0.15, -0.1) is 0 Å². The number of nitrogens with zero attached hydrogens (tertiary/aromatic N) is 1. The maximum atomic E-state index is 5.24. The molecule has 0 fully saturated rings. The van der Waals surface area contributed by atoms with Gasteiger partial charge in [0.1, 0.15) is 0 Å². The van der Waals surface area contributed by atoms with Crippen LogP contribution in [-0.2, 0) is 13.0 Å². The monoisotopic (exact) mass is 256 g/mol. The normalized spacial score (nSPS) is 12.1. The van der Waals surface area contributed by atoms with Gasteiger partial charge in [-0.3, -0.25) is 0 Å². The zero-order valence-electron chi connectivity index (χ0n) is 11.5. The minimum atomic E-state index is 0.410. The minimum Gasteiger partial charge on any atom is -0.481 e. The van der Waals surface area contributed by atoms with Crippen molar-refractivity contribution in [2.75, 3.05) is 7.11 Å². The number of aromatic nitrogens is 1. The van der Waals surface area contributed by atoms with E-state index in [1.807, 2.05) is 18.2 Å². The lowest BCUT2D eigenvalue weighted by Crippen LogP contribution is -2.27. The van der Waals surface area contributed by atoms with E-state index in [4.69, 9.17) is 4.74 Å². The van der Waals surface area contributed by atoms with Crippen LogP contribution in [0.1, 0.15) is 18.1 Å². The molecule has 0 bridgehead atoms. The highest BCUT2D eigenvalue weighted by molar-refractivity contribution is 5.25. The summed E-state index contributed by atoms with van der Waals surface area (Å²) in [6.45, 7) is 2.96. The topological polar surface area (TPSA) is 34.1 Å². The third-order valence-electron chi connectivity index (χ3n) is 3.07. The Morgan fingerprint density at radius 1 is 1.16 bits per heavy atom. The third kappa shape index (κ3) is 4.07. The molecule has 2 rings (SSSR count). The summed E-state index contributed by atoms with van der Waals surface area (Å²) in [5.41, 5.74) is 2.44. The zero-order valence-corrected chi connectivity index (χ0v) is 11.5. The summed E-state index contributed by atoms with van der Waals surface area (Å²) in [6, 6.07) is 14.9. The van der Waals surface area contributed by atoms with E-state index in [0.29, 0.717) is 11.9 Å². The Kier molecular flexibility index (Phi) is 4.93. The van der Waals surface area contributed by atoms with Gasteiger partial charge in [0.05, 0.1) is 7.11 Å². The molecule has 1 atom stereocenters. The second-order valence-electron chi connectivity index (χ2n) is 4.64. The Hall–Kier alpha value is -1.87. The van der Waals surface area contributed by atoms with E-state index in [2.05, 4.69) is 41.5 Å². The molecule has 0 spiro atoms. The quantitative estimate of drug-likeness (QED) is 0.863. The van der Waals surface area contributed by atoms with Crippen molar-refractivity contribution in [1.29, 1.82) is 0 Å². The molecule has 3 heteroatoms. The smallest absolute Gasteiger partial charge is 0.217 e. The van der Waals surface area contributed by atoms with E-state index in [0.717, 1.165) is 18.5 Å². The van der Waals surface area contributed by atoms with Crippen LogP contribution in [-0.4, -0.2) is 18.1 Å². The molecule has 1 aromatic carbocycles. The van der Waals surface area contributed by atoms with Gasteiger partial charge in [-0.2, -0.15) is 0 Å². The van der Waals surface area contributed by atoms with Gasteiger partial charge in [-0.1, -0.05) is 36.4 Å². The van der Waals surface area contributed by atoms with Crippen LogP contribution >= 0.6 is 0 Å². The molecule has 0 aliphatic rings. The van der Waals surface area contributed by atoms with E-state index in [-0.39, 0.29) is 0 Å². The molecule has 1 aromatic heterocycles. The number of nitrogens with one attached hydrogen (secondary N) is 1. The van der Waals surface area contributed by atoms with Crippen molar-refractivity contribution >= 4 is 0 Å². The fourth-order valence-corrected chi connectivity index (χ4v) is 2.07. The van der Waals surface area contributed by atoms with Crippen molar-refractivity contribution in [3.8, 4) is 5.88 Å². The van der Waals surface area contributed by atoms with Crippen molar-refractivity contribution in [3.63, 3.8) is 0 Å². The van der Waals surface area contributed by atoms with Crippen LogP contribution in [0.25, 0.3) is 0 Å². The molecule has 0 amide bonds. The summed E-state index contributed by atoms with van der Waals surface area (Å²) in [5.74, 6) is 0.696. The number of hydrogen-bond donors (Lipinski definition) is 1. The number of methoxy groups -OCH3 is 1. The van der Waals surface area contributed by atoms with Crippen LogP contribution in [0.4, 0.5) is 0 Å². The highest BCUT2D eigenvalue weighted by Gasteiger charge is 2.06. The van der Waals surface area contributed by atoms with Crippen molar-refractivity contribution in [1.82, 2.24) is 10.3 Å². The van der Waals surface area contributed by atoms with Gasteiger partial charge in [0.2, 0.25) is 5.88 Å². The van der Waals surface area contributed by atoms with E-state index in [1.54, 1.807) is 13.3 Å². The van der Waals surface area contributed by atoms with Gasteiger partial charge < -0.3 is 10.1 Å². The van der Waals surface area contributed by atoms with Gasteiger partial charge in [-0.05, 0) is 25.0 Å². The lowest BCUT2D eigenvalue weighted by Gasteiger charge is -2.15.